The van der Waals surface area contributed by atoms with Crippen LogP contribution in [0.4, 0.5) is 13.2 Å². The van der Waals surface area contributed by atoms with E-state index >= 15 is 0 Å². The molecule has 0 aromatic heterocycles. The summed E-state index contributed by atoms with van der Waals surface area (Å²) in [7, 11) is 0. The van der Waals surface area contributed by atoms with Crippen LogP contribution in [-0.2, 0) is 10.9 Å². The number of rotatable bonds is 5. The van der Waals surface area contributed by atoms with Crippen LogP contribution in [0.5, 0.6) is 0 Å². The van der Waals surface area contributed by atoms with Crippen molar-refractivity contribution in [2.24, 2.45) is 10.9 Å². The Morgan fingerprint density at radius 1 is 1.07 bits per heavy atom. The zero-order chi connectivity index (χ0) is 20.7. The molecule has 0 fully saturated rings. The lowest BCUT2D eigenvalue weighted by Gasteiger charge is -2.15. The number of ether oxygens (including phenoxy) is 1. The van der Waals surface area contributed by atoms with E-state index in [1.807, 2.05) is 51.1 Å². The molecule has 2 rings (SSSR count). The lowest BCUT2D eigenvalue weighted by Crippen LogP contribution is -2.34. The minimum absolute atomic E-state index is 0.0209. The van der Waals surface area contributed by atoms with Crippen LogP contribution < -0.4 is 5.32 Å². The SMILES string of the molecule is CC(C)COC(=NC(C)c1ccccc1)NC(=O)c1cccc(C(F)(F)F)c1. The topological polar surface area (TPSA) is 50.7 Å². The van der Waals surface area contributed by atoms with Crippen LogP contribution in [0.25, 0.3) is 0 Å². The summed E-state index contributed by atoms with van der Waals surface area (Å²) in [6, 6.07) is 13.3. The highest BCUT2D eigenvalue weighted by molar-refractivity contribution is 6.04. The summed E-state index contributed by atoms with van der Waals surface area (Å²) in [6.07, 6.45) is -4.52. The maximum Gasteiger partial charge on any atom is 0.416 e. The molecular formula is C21H23F3N2O2. The Morgan fingerprint density at radius 2 is 1.75 bits per heavy atom. The fourth-order valence-electron chi connectivity index (χ4n) is 2.34. The summed E-state index contributed by atoms with van der Waals surface area (Å²) in [5.74, 6) is -0.531. The number of hydrogen-bond donors (Lipinski definition) is 1. The molecule has 0 bridgehead atoms. The van der Waals surface area contributed by atoms with Gasteiger partial charge in [-0.15, -0.1) is 0 Å². The Hall–Kier alpha value is -2.83. The zero-order valence-electron chi connectivity index (χ0n) is 16.0. The first-order valence-corrected chi connectivity index (χ1v) is 8.91. The van der Waals surface area contributed by atoms with Crippen LogP contribution in [0, 0.1) is 5.92 Å². The monoisotopic (exact) mass is 392 g/mol. The average Bonchev–Trinajstić information content (AvgIpc) is 2.66. The maximum absolute atomic E-state index is 12.9. The Morgan fingerprint density at radius 3 is 2.36 bits per heavy atom. The molecular weight excluding hydrogens is 369 g/mol. The highest BCUT2D eigenvalue weighted by Crippen LogP contribution is 2.29. The molecule has 4 nitrogen and oxygen atoms in total. The van der Waals surface area contributed by atoms with E-state index in [9.17, 15) is 18.0 Å². The molecule has 0 radical (unpaired) electrons. The molecule has 1 N–H and O–H groups in total. The molecule has 0 spiro atoms. The molecule has 2 aromatic carbocycles. The van der Waals surface area contributed by atoms with Crippen LogP contribution in [0.3, 0.4) is 0 Å². The number of nitrogens with zero attached hydrogens (tertiary/aromatic N) is 1. The molecule has 1 atom stereocenters. The average molecular weight is 392 g/mol. The Bertz CT molecular complexity index is 818. The summed E-state index contributed by atoms with van der Waals surface area (Å²) in [6.45, 7) is 6.02. The second-order valence-electron chi connectivity index (χ2n) is 6.76. The van der Waals surface area contributed by atoms with Crippen molar-refractivity contribution >= 4 is 11.9 Å². The van der Waals surface area contributed by atoms with Crippen molar-refractivity contribution in [3.05, 3.63) is 71.3 Å². The number of hydrogen-bond acceptors (Lipinski definition) is 3. The quantitative estimate of drug-likeness (QED) is 0.560. The van der Waals surface area contributed by atoms with Gasteiger partial charge in [-0.1, -0.05) is 50.2 Å². The molecule has 0 heterocycles. The number of halogens is 3. The van der Waals surface area contributed by atoms with Gasteiger partial charge in [-0.2, -0.15) is 13.2 Å². The van der Waals surface area contributed by atoms with Crippen LogP contribution in [0.1, 0.15) is 48.3 Å². The number of benzene rings is 2. The fourth-order valence-corrected chi connectivity index (χ4v) is 2.34. The zero-order valence-corrected chi connectivity index (χ0v) is 16.0. The minimum Gasteiger partial charge on any atom is -0.465 e. The van der Waals surface area contributed by atoms with E-state index in [-0.39, 0.29) is 23.5 Å². The summed E-state index contributed by atoms with van der Waals surface area (Å²) in [5.41, 5.74) is -0.0936. The molecule has 0 aliphatic carbocycles. The van der Waals surface area contributed by atoms with Crippen molar-refractivity contribution in [1.82, 2.24) is 5.32 Å². The van der Waals surface area contributed by atoms with Crippen molar-refractivity contribution in [2.75, 3.05) is 6.61 Å². The lowest BCUT2D eigenvalue weighted by atomic mass is 10.1. The number of amides is 1. The van der Waals surface area contributed by atoms with Gasteiger partial charge < -0.3 is 4.74 Å². The van der Waals surface area contributed by atoms with Crippen molar-refractivity contribution in [3.8, 4) is 0 Å². The Balaban J connectivity index is 2.22. The second-order valence-corrected chi connectivity index (χ2v) is 6.76. The highest BCUT2D eigenvalue weighted by atomic mass is 19.4. The number of carbonyl (C=O) groups is 1. The van der Waals surface area contributed by atoms with E-state index in [2.05, 4.69) is 10.3 Å². The number of carbonyl (C=O) groups excluding carboxylic acids is 1. The van der Waals surface area contributed by atoms with Gasteiger partial charge in [0.05, 0.1) is 18.2 Å². The first kappa shape index (κ1) is 21.5. The normalized spacial score (nSPS) is 13.3. The van der Waals surface area contributed by atoms with Gasteiger partial charge in [0, 0.05) is 5.56 Å². The first-order valence-electron chi connectivity index (χ1n) is 8.91. The summed E-state index contributed by atoms with van der Waals surface area (Å²) in [4.78, 5) is 16.9. The van der Waals surface area contributed by atoms with E-state index in [1.165, 1.54) is 12.1 Å². The molecule has 0 aliphatic rings. The lowest BCUT2D eigenvalue weighted by molar-refractivity contribution is -0.137. The Labute approximate surface area is 162 Å². The standard InChI is InChI=1S/C21H23F3N2O2/c1-14(2)13-28-20(25-15(3)16-8-5-4-6-9-16)26-19(27)17-10-7-11-18(12-17)21(22,23)24/h4-12,14-15H,13H2,1-3H3,(H,25,26,27). The molecule has 2 aromatic rings. The summed E-state index contributed by atoms with van der Waals surface area (Å²) >= 11 is 0. The van der Waals surface area contributed by atoms with E-state index in [0.29, 0.717) is 6.61 Å². The number of nitrogens with one attached hydrogen (secondary N) is 1. The molecule has 150 valence electrons. The van der Waals surface area contributed by atoms with E-state index < -0.39 is 17.6 Å². The van der Waals surface area contributed by atoms with Gasteiger partial charge in [0.15, 0.2) is 0 Å². The largest absolute Gasteiger partial charge is 0.465 e. The first-order chi connectivity index (χ1) is 13.2. The summed E-state index contributed by atoms with van der Waals surface area (Å²) < 4.78 is 44.2. The highest BCUT2D eigenvalue weighted by Gasteiger charge is 2.31. The third-order valence-electron chi connectivity index (χ3n) is 3.82. The van der Waals surface area contributed by atoms with Crippen molar-refractivity contribution in [1.29, 1.82) is 0 Å². The number of aliphatic imine (C=N–C) groups is 1. The van der Waals surface area contributed by atoms with E-state index in [1.54, 1.807) is 0 Å². The van der Waals surface area contributed by atoms with Gasteiger partial charge in [-0.25, -0.2) is 4.99 Å². The van der Waals surface area contributed by atoms with Crippen LogP contribution in [0.15, 0.2) is 59.6 Å². The second kappa shape index (κ2) is 9.39. The van der Waals surface area contributed by atoms with Crippen molar-refractivity contribution in [3.63, 3.8) is 0 Å². The minimum atomic E-state index is -4.52. The molecule has 0 saturated heterocycles. The van der Waals surface area contributed by atoms with Gasteiger partial charge in [0.2, 0.25) is 0 Å². The Kier molecular flexibility index (Phi) is 7.20. The predicted molar refractivity (Wildman–Crippen MR) is 102 cm³/mol. The number of amidine groups is 1. The molecule has 7 heteroatoms. The van der Waals surface area contributed by atoms with Crippen LogP contribution in [-0.4, -0.2) is 18.5 Å². The molecule has 1 unspecified atom stereocenters. The molecule has 0 saturated carbocycles. The predicted octanol–water partition coefficient (Wildman–Crippen LogP) is 5.23. The third kappa shape index (κ3) is 6.40. The van der Waals surface area contributed by atoms with Crippen molar-refractivity contribution in [2.45, 2.75) is 33.0 Å². The van der Waals surface area contributed by atoms with Gasteiger partial charge in [0.1, 0.15) is 0 Å². The van der Waals surface area contributed by atoms with Crippen molar-refractivity contribution < 1.29 is 22.7 Å². The molecule has 1 amide bonds. The smallest absolute Gasteiger partial charge is 0.416 e. The van der Waals surface area contributed by atoms with Gasteiger partial charge in [-0.3, -0.25) is 10.1 Å². The maximum atomic E-state index is 12.9. The fraction of sp³-hybridized carbons (Fsp3) is 0.333. The van der Waals surface area contributed by atoms with Gasteiger partial charge >= 0.3 is 6.18 Å². The van der Waals surface area contributed by atoms with E-state index in [0.717, 1.165) is 17.7 Å². The molecule has 28 heavy (non-hydrogen) atoms. The van der Waals surface area contributed by atoms with Crippen LogP contribution in [0.2, 0.25) is 0 Å². The third-order valence-corrected chi connectivity index (χ3v) is 3.82. The summed E-state index contributed by atoms with van der Waals surface area (Å²) in [5, 5.41) is 2.49. The van der Waals surface area contributed by atoms with E-state index in [4.69, 9.17) is 4.74 Å². The van der Waals surface area contributed by atoms with Gasteiger partial charge in [-0.05, 0) is 36.6 Å². The molecule has 0 aliphatic heterocycles. The van der Waals surface area contributed by atoms with Crippen LogP contribution >= 0.6 is 0 Å². The number of alkyl halides is 3. The van der Waals surface area contributed by atoms with Gasteiger partial charge in [0.25, 0.3) is 11.9 Å².